The third-order valence-corrected chi connectivity index (χ3v) is 20.6. The molecule has 3 heterocycles. The lowest BCUT2D eigenvalue weighted by atomic mass is 9.60. The van der Waals surface area contributed by atoms with E-state index in [0.29, 0.717) is 23.4 Å². The summed E-state index contributed by atoms with van der Waals surface area (Å²) in [5, 5.41) is 4.00. The van der Waals surface area contributed by atoms with Crippen LogP contribution in [0, 0.1) is 5.41 Å². The number of hydrogen-bond donors (Lipinski definition) is 1. The first-order valence-corrected chi connectivity index (χ1v) is 37.1. The van der Waals surface area contributed by atoms with Crippen molar-refractivity contribution in [1.82, 2.24) is 15.1 Å². The van der Waals surface area contributed by atoms with Crippen LogP contribution in [0.15, 0.2) is 42.5 Å². The summed E-state index contributed by atoms with van der Waals surface area (Å²) >= 11 is 0. The zero-order valence-corrected chi connectivity index (χ0v) is 55.1. The van der Waals surface area contributed by atoms with E-state index in [4.69, 9.17) is 9.47 Å². The molecule has 0 amide bonds. The van der Waals surface area contributed by atoms with Gasteiger partial charge in [0.15, 0.2) is 11.5 Å². The van der Waals surface area contributed by atoms with Crippen LogP contribution < -0.4 is 14.8 Å². The molecular weight excluding hydrogens is 999 g/mol. The fourth-order valence-electron chi connectivity index (χ4n) is 15.4. The maximum Gasteiger partial charge on any atom is 0.246 e. The average Bonchev–Trinajstić information content (AvgIpc) is 3.96. The van der Waals surface area contributed by atoms with Crippen molar-refractivity contribution >= 4 is 0 Å². The van der Waals surface area contributed by atoms with E-state index in [-0.39, 0.29) is 0 Å². The molecule has 1 atom stereocenters. The fraction of sp³-hybridized carbons (Fsp3) is 0.844. The highest BCUT2D eigenvalue weighted by Gasteiger charge is 2.48. The average molecular weight is 1130 g/mol. The second kappa shape index (κ2) is 42.7. The monoisotopic (exact) mass is 1130 g/mol. The van der Waals surface area contributed by atoms with E-state index >= 15 is 0 Å². The Hall–Kier alpha value is -2.08. The van der Waals surface area contributed by atoms with Gasteiger partial charge in [-0.25, -0.2) is 0 Å². The van der Waals surface area contributed by atoms with Gasteiger partial charge in [0.05, 0.1) is 0 Å². The van der Waals surface area contributed by atoms with Crippen LogP contribution in [-0.2, 0) is 6.54 Å². The van der Waals surface area contributed by atoms with Crippen molar-refractivity contribution in [2.24, 2.45) is 5.41 Å². The van der Waals surface area contributed by atoms with E-state index < -0.39 is 5.79 Å². The third kappa shape index (κ3) is 28.2. The molecule has 0 bridgehead atoms. The van der Waals surface area contributed by atoms with Crippen molar-refractivity contribution in [1.29, 1.82) is 0 Å². The van der Waals surface area contributed by atoms with Crippen LogP contribution in [0.1, 0.15) is 377 Å². The molecule has 5 heteroatoms. The van der Waals surface area contributed by atoms with Gasteiger partial charge in [-0.05, 0) is 73.7 Å². The predicted octanol–water partition coefficient (Wildman–Crippen LogP) is 23.7. The number of nitrogens with zero attached hydrogens (tertiary/aromatic N) is 2. The third-order valence-electron chi connectivity index (χ3n) is 20.6. The van der Waals surface area contributed by atoms with Crippen LogP contribution in [0.3, 0.4) is 0 Å². The van der Waals surface area contributed by atoms with E-state index in [0.717, 1.165) is 37.7 Å². The molecule has 1 N–H and O–H groups in total. The topological polar surface area (TPSA) is 37.0 Å². The number of rotatable bonds is 5. The summed E-state index contributed by atoms with van der Waals surface area (Å²) in [6.07, 6.45) is 73.1. The first-order chi connectivity index (χ1) is 40.3. The number of benzene rings is 2. The van der Waals surface area contributed by atoms with Gasteiger partial charge in [0, 0.05) is 57.7 Å². The number of para-hydroxylation sites is 1. The highest BCUT2D eigenvalue weighted by Crippen LogP contribution is 2.52. The standard InChI is InChI=1S/C77H135N3O2/c1-68(2)71-55-49-50-56-72(71)73-67-79(66-69-54-53-57-74-75(69)82-76(3,4)81-74)62-63-80(73)70-64-77(65-70)58-51-47-45-43-41-39-37-35-33-31-29-27-25-23-21-19-17-15-13-11-9-7-5-6-8-10-12-14-16-18-20-22-24-26-28-30-32-34-36-38-40-42-44-46-48-52-60-78-61-59-77/h49-50,53-57,68,70,73,78H,5-48,51-52,58-67H2,1-4H3. The fourth-order valence-corrected chi connectivity index (χ4v) is 15.4. The normalized spacial score (nSPS) is 26.6. The lowest BCUT2D eigenvalue weighted by Crippen LogP contribution is -2.58. The van der Waals surface area contributed by atoms with Crippen LogP contribution in [0.25, 0.3) is 0 Å². The van der Waals surface area contributed by atoms with Gasteiger partial charge in [-0.3, -0.25) is 9.80 Å². The van der Waals surface area contributed by atoms with Crippen molar-refractivity contribution in [2.45, 2.75) is 379 Å². The van der Waals surface area contributed by atoms with Gasteiger partial charge in [-0.1, -0.05) is 339 Å². The minimum absolute atomic E-state index is 0.406. The Morgan fingerprint density at radius 3 is 1.27 bits per heavy atom. The van der Waals surface area contributed by atoms with Crippen LogP contribution in [0.5, 0.6) is 11.5 Å². The molecule has 1 unspecified atom stereocenters. The van der Waals surface area contributed by atoms with Gasteiger partial charge in [-0.15, -0.1) is 0 Å². The quantitative estimate of drug-likeness (QED) is 0.323. The molecule has 82 heavy (non-hydrogen) atoms. The Morgan fingerprint density at radius 1 is 0.439 bits per heavy atom. The molecule has 2 aromatic carbocycles. The zero-order chi connectivity index (χ0) is 57.4. The molecule has 5 nitrogen and oxygen atoms in total. The van der Waals surface area contributed by atoms with Crippen LogP contribution in [0.2, 0.25) is 0 Å². The van der Waals surface area contributed by atoms with Crippen molar-refractivity contribution in [2.75, 3.05) is 32.7 Å². The van der Waals surface area contributed by atoms with Crippen molar-refractivity contribution in [3.05, 3.63) is 59.2 Å². The number of hydrogen-bond acceptors (Lipinski definition) is 5. The number of ether oxygens (including phenoxy) is 2. The predicted molar refractivity (Wildman–Crippen MR) is 357 cm³/mol. The minimum atomic E-state index is -0.613. The van der Waals surface area contributed by atoms with Gasteiger partial charge in [0.1, 0.15) is 0 Å². The lowest BCUT2D eigenvalue weighted by Gasteiger charge is -2.56. The molecule has 2 aromatic rings. The molecule has 2 saturated heterocycles. The SMILES string of the molecule is CC(C)c1ccccc1C1CN(Cc2cccc3c2OC(C)(C)O3)CCN1C1CC2(CCCCCCCCCCCCCCCCCCCCCCCCCCCCCCCCCCCCCCCCCCCCCCCCNCC2)C1. The Kier molecular flexibility index (Phi) is 36.0. The Balaban J connectivity index is 0.911. The van der Waals surface area contributed by atoms with Gasteiger partial charge in [0.2, 0.25) is 5.79 Å². The summed E-state index contributed by atoms with van der Waals surface area (Å²) in [6, 6.07) is 17.0. The van der Waals surface area contributed by atoms with Gasteiger partial charge >= 0.3 is 0 Å². The highest BCUT2D eigenvalue weighted by atomic mass is 16.7. The number of piperazine rings is 1. The van der Waals surface area contributed by atoms with Crippen LogP contribution >= 0.6 is 0 Å². The maximum atomic E-state index is 6.39. The molecule has 3 fully saturated rings. The smallest absolute Gasteiger partial charge is 0.246 e. The number of nitrogens with one attached hydrogen (secondary N) is 1. The summed E-state index contributed by atoms with van der Waals surface area (Å²) < 4.78 is 12.6. The molecule has 4 aliphatic rings. The molecule has 0 aromatic heterocycles. The molecule has 1 saturated carbocycles. The molecule has 3 aliphatic heterocycles. The molecule has 6 rings (SSSR count). The van der Waals surface area contributed by atoms with Crippen molar-refractivity contribution in [3.8, 4) is 11.5 Å². The first kappa shape index (κ1) is 69.0. The van der Waals surface area contributed by atoms with E-state index in [2.05, 4.69) is 71.4 Å². The highest BCUT2D eigenvalue weighted by molar-refractivity contribution is 5.49. The second-order valence-electron chi connectivity index (χ2n) is 28.7. The van der Waals surface area contributed by atoms with Crippen molar-refractivity contribution in [3.63, 3.8) is 0 Å². The van der Waals surface area contributed by atoms with Gasteiger partial charge in [-0.2, -0.15) is 0 Å². The largest absolute Gasteiger partial charge is 0.449 e. The molecular formula is C77H135N3O2. The Bertz CT molecular complexity index is 1800. The molecule has 1 aliphatic carbocycles. The molecule has 1 spiro atoms. The van der Waals surface area contributed by atoms with Crippen LogP contribution in [-0.4, -0.2) is 54.4 Å². The maximum absolute atomic E-state index is 6.39. The van der Waals surface area contributed by atoms with Gasteiger partial charge < -0.3 is 14.8 Å². The number of fused-ring (bicyclic) bond motifs is 1. The summed E-state index contributed by atoms with van der Waals surface area (Å²) in [4.78, 5) is 5.70. The summed E-state index contributed by atoms with van der Waals surface area (Å²) in [7, 11) is 0. The summed E-state index contributed by atoms with van der Waals surface area (Å²) in [6.45, 7) is 15.4. The zero-order valence-electron chi connectivity index (χ0n) is 55.1. The van der Waals surface area contributed by atoms with E-state index in [1.807, 2.05) is 13.8 Å². The molecule has 0 radical (unpaired) electrons. The van der Waals surface area contributed by atoms with E-state index in [9.17, 15) is 0 Å². The van der Waals surface area contributed by atoms with Crippen molar-refractivity contribution < 1.29 is 9.47 Å². The minimum Gasteiger partial charge on any atom is -0.449 e. The Labute approximate surface area is 509 Å². The lowest BCUT2D eigenvalue weighted by molar-refractivity contribution is -0.0616. The van der Waals surface area contributed by atoms with Gasteiger partial charge in [0.25, 0.3) is 0 Å². The Morgan fingerprint density at radius 2 is 0.841 bits per heavy atom. The second-order valence-corrected chi connectivity index (χ2v) is 28.7. The van der Waals surface area contributed by atoms with E-state index in [1.54, 1.807) is 5.56 Å². The van der Waals surface area contributed by atoms with Crippen LogP contribution in [0.4, 0.5) is 0 Å². The summed E-state index contributed by atoms with van der Waals surface area (Å²) in [5.41, 5.74) is 4.83. The van der Waals surface area contributed by atoms with E-state index in [1.165, 1.54) is 345 Å². The summed E-state index contributed by atoms with van der Waals surface area (Å²) in [5.74, 6) is 1.73. The first-order valence-electron chi connectivity index (χ1n) is 37.1. The molecule has 470 valence electrons.